The molecule has 2 rings (SSSR count). The molecule has 0 saturated carbocycles. The molecule has 0 unspecified atom stereocenters. The topological polar surface area (TPSA) is 50.1 Å². The van der Waals surface area contributed by atoms with Gasteiger partial charge in [-0.25, -0.2) is 0 Å². The summed E-state index contributed by atoms with van der Waals surface area (Å²) in [5.41, 5.74) is 2.28. The van der Waals surface area contributed by atoms with E-state index in [9.17, 15) is 4.79 Å². The van der Waals surface area contributed by atoms with Gasteiger partial charge in [0.15, 0.2) is 0 Å². The molecule has 0 fully saturated rings. The molecule has 3 nitrogen and oxygen atoms in total. The van der Waals surface area contributed by atoms with Crippen LogP contribution >= 0.6 is 0 Å². The Kier molecular flexibility index (Phi) is 3.94. The lowest BCUT2D eigenvalue weighted by Crippen LogP contribution is -2.04. The summed E-state index contributed by atoms with van der Waals surface area (Å²) in [5.74, 6) is 0.202. The number of ketones is 1. The van der Waals surface area contributed by atoms with Crippen LogP contribution < -0.4 is 4.74 Å². The summed E-state index contributed by atoms with van der Waals surface area (Å²) >= 11 is 0. The van der Waals surface area contributed by atoms with Gasteiger partial charge in [-0.3, -0.25) is 4.79 Å². The molecule has 2 aromatic carbocycles. The molecule has 0 amide bonds. The molecule has 2 aromatic rings. The Hall–Kier alpha value is -2.60. The Morgan fingerprint density at radius 3 is 2.53 bits per heavy atom. The van der Waals surface area contributed by atoms with Gasteiger partial charge in [0.1, 0.15) is 18.4 Å². The van der Waals surface area contributed by atoms with Crippen LogP contribution in [0.15, 0.2) is 48.5 Å². The normalized spacial score (nSPS) is 9.68. The molecular formula is C16H13NO2. The maximum Gasteiger partial charge on any atom is 0.262 e. The Balaban J connectivity index is 2.14. The Labute approximate surface area is 112 Å². The quantitative estimate of drug-likeness (QED) is 0.619. The minimum absolute atomic E-state index is 0.270. The van der Waals surface area contributed by atoms with E-state index in [4.69, 9.17) is 10.00 Å². The van der Waals surface area contributed by atoms with Crippen molar-refractivity contribution in [2.24, 2.45) is 0 Å². The molecule has 0 atom stereocenters. The molecule has 0 heterocycles. The number of Topliss-reactive ketones (excluding diaryl/α,β-unsaturated/α-hetero) is 1. The highest BCUT2D eigenvalue weighted by atomic mass is 16.5. The monoisotopic (exact) mass is 251 g/mol. The molecule has 0 bridgehead atoms. The van der Waals surface area contributed by atoms with E-state index in [-0.39, 0.29) is 6.61 Å². The van der Waals surface area contributed by atoms with Gasteiger partial charge in [0.2, 0.25) is 0 Å². The Morgan fingerprint density at radius 1 is 1.16 bits per heavy atom. The van der Waals surface area contributed by atoms with Crippen molar-refractivity contribution < 1.29 is 9.53 Å². The van der Waals surface area contributed by atoms with E-state index in [0.717, 1.165) is 16.9 Å². The number of carbonyl (C=O) groups is 1. The number of hydrogen-bond donors (Lipinski definition) is 0. The summed E-state index contributed by atoms with van der Waals surface area (Å²) in [5, 5.41) is 8.69. The predicted molar refractivity (Wildman–Crippen MR) is 71.9 cm³/mol. The van der Waals surface area contributed by atoms with Gasteiger partial charge in [-0.05, 0) is 25.1 Å². The van der Waals surface area contributed by atoms with Gasteiger partial charge in [0, 0.05) is 11.1 Å². The van der Waals surface area contributed by atoms with Gasteiger partial charge in [-0.2, -0.15) is 5.26 Å². The zero-order valence-electron chi connectivity index (χ0n) is 10.6. The van der Waals surface area contributed by atoms with Crippen molar-refractivity contribution in [1.29, 1.82) is 5.26 Å². The number of rotatable bonds is 4. The zero-order valence-corrected chi connectivity index (χ0v) is 10.6. The molecule has 0 aliphatic heterocycles. The van der Waals surface area contributed by atoms with Gasteiger partial charge in [-0.15, -0.1) is 0 Å². The SMILES string of the molecule is Cc1ccc(OCc2ccccc2C(=O)C#N)cc1. The van der Waals surface area contributed by atoms with E-state index in [0.29, 0.717) is 5.56 Å². The second-order valence-electron chi connectivity index (χ2n) is 4.20. The molecule has 0 aromatic heterocycles. The Morgan fingerprint density at radius 2 is 1.84 bits per heavy atom. The first-order valence-electron chi connectivity index (χ1n) is 5.92. The van der Waals surface area contributed by atoms with Crippen molar-refractivity contribution in [3.8, 4) is 11.8 Å². The van der Waals surface area contributed by atoms with Crippen molar-refractivity contribution in [3.63, 3.8) is 0 Å². The van der Waals surface area contributed by atoms with Gasteiger partial charge in [-0.1, -0.05) is 35.9 Å². The maximum absolute atomic E-state index is 11.5. The predicted octanol–water partition coefficient (Wildman–Crippen LogP) is 3.28. The van der Waals surface area contributed by atoms with E-state index in [1.807, 2.05) is 37.3 Å². The minimum Gasteiger partial charge on any atom is -0.489 e. The number of nitrogens with zero attached hydrogens (tertiary/aromatic N) is 1. The van der Waals surface area contributed by atoms with E-state index < -0.39 is 5.78 Å². The molecule has 0 spiro atoms. The van der Waals surface area contributed by atoms with E-state index in [1.165, 1.54) is 0 Å². The molecule has 94 valence electrons. The number of carbonyl (C=O) groups excluding carboxylic acids is 1. The Bertz CT molecular complexity index is 624. The van der Waals surface area contributed by atoms with Crippen molar-refractivity contribution in [2.75, 3.05) is 0 Å². The lowest BCUT2D eigenvalue weighted by Gasteiger charge is -2.08. The maximum atomic E-state index is 11.5. The first kappa shape index (κ1) is 12.8. The van der Waals surface area contributed by atoms with Crippen LogP contribution in [0.2, 0.25) is 0 Å². The third-order valence-corrected chi connectivity index (χ3v) is 2.78. The molecule has 0 aliphatic carbocycles. The second kappa shape index (κ2) is 5.83. The van der Waals surface area contributed by atoms with Crippen molar-refractivity contribution in [3.05, 3.63) is 65.2 Å². The summed E-state index contributed by atoms with van der Waals surface area (Å²) < 4.78 is 5.62. The third-order valence-electron chi connectivity index (χ3n) is 2.78. The fourth-order valence-electron chi connectivity index (χ4n) is 1.72. The molecule has 0 radical (unpaired) electrons. The van der Waals surface area contributed by atoms with Gasteiger partial charge >= 0.3 is 0 Å². The van der Waals surface area contributed by atoms with Crippen molar-refractivity contribution in [1.82, 2.24) is 0 Å². The molecular weight excluding hydrogens is 238 g/mol. The lowest BCUT2D eigenvalue weighted by atomic mass is 10.1. The summed E-state index contributed by atoms with van der Waals surface area (Å²) in [4.78, 5) is 11.5. The minimum atomic E-state index is -0.539. The van der Waals surface area contributed by atoms with E-state index >= 15 is 0 Å². The van der Waals surface area contributed by atoms with Crippen LogP contribution in [0.4, 0.5) is 0 Å². The van der Waals surface area contributed by atoms with Gasteiger partial charge < -0.3 is 4.74 Å². The van der Waals surface area contributed by atoms with Crippen LogP contribution in [0.5, 0.6) is 5.75 Å². The van der Waals surface area contributed by atoms with Crippen molar-refractivity contribution in [2.45, 2.75) is 13.5 Å². The first-order chi connectivity index (χ1) is 9.20. The smallest absolute Gasteiger partial charge is 0.262 e. The lowest BCUT2D eigenvalue weighted by molar-refractivity contribution is 0.105. The fourth-order valence-corrected chi connectivity index (χ4v) is 1.72. The molecule has 0 aliphatic rings. The zero-order chi connectivity index (χ0) is 13.7. The van der Waals surface area contributed by atoms with Crippen LogP contribution in [0, 0.1) is 18.3 Å². The molecule has 0 saturated heterocycles. The summed E-state index contributed by atoms with van der Waals surface area (Å²) in [6.07, 6.45) is 0. The second-order valence-corrected chi connectivity index (χ2v) is 4.20. The number of ether oxygens (including phenoxy) is 1. The van der Waals surface area contributed by atoms with Gasteiger partial charge in [0.25, 0.3) is 5.78 Å². The summed E-state index contributed by atoms with van der Waals surface area (Å²) in [7, 11) is 0. The van der Waals surface area contributed by atoms with Crippen LogP contribution in [-0.2, 0) is 6.61 Å². The van der Waals surface area contributed by atoms with E-state index in [2.05, 4.69) is 0 Å². The fraction of sp³-hybridized carbons (Fsp3) is 0.125. The van der Waals surface area contributed by atoms with Crippen LogP contribution in [0.1, 0.15) is 21.5 Å². The molecule has 0 N–H and O–H groups in total. The standard InChI is InChI=1S/C16H13NO2/c1-12-6-8-14(9-7-12)19-11-13-4-2-3-5-15(13)16(18)10-17/h2-9H,11H2,1H3. The number of benzene rings is 2. The highest BCUT2D eigenvalue weighted by molar-refractivity contribution is 6.08. The van der Waals surface area contributed by atoms with Crippen LogP contribution in [0.25, 0.3) is 0 Å². The number of hydrogen-bond acceptors (Lipinski definition) is 3. The highest BCUT2D eigenvalue weighted by Gasteiger charge is 2.10. The number of aryl methyl sites for hydroxylation is 1. The summed E-state index contributed by atoms with van der Waals surface area (Å²) in [6.45, 7) is 2.28. The number of nitriles is 1. The average molecular weight is 251 g/mol. The average Bonchev–Trinajstić information content (AvgIpc) is 2.46. The third kappa shape index (κ3) is 3.20. The summed E-state index contributed by atoms with van der Waals surface area (Å²) in [6, 6.07) is 16.3. The largest absolute Gasteiger partial charge is 0.489 e. The van der Waals surface area contributed by atoms with Gasteiger partial charge in [0.05, 0.1) is 0 Å². The highest BCUT2D eigenvalue weighted by Crippen LogP contribution is 2.16. The molecule has 19 heavy (non-hydrogen) atoms. The first-order valence-corrected chi connectivity index (χ1v) is 5.92. The molecule has 3 heteroatoms. The van der Waals surface area contributed by atoms with E-state index in [1.54, 1.807) is 24.3 Å². The van der Waals surface area contributed by atoms with Crippen molar-refractivity contribution >= 4 is 5.78 Å². The van der Waals surface area contributed by atoms with Crippen LogP contribution in [-0.4, -0.2) is 5.78 Å². The van der Waals surface area contributed by atoms with Crippen LogP contribution in [0.3, 0.4) is 0 Å².